The third-order valence-electron chi connectivity index (χ3n) is 2.71. The number of likely N-dealkylation sites (N-methyl/N-ethyl adjacent to an activating group) is 1. The molecule has 1 aromatic heterocycles. The Morgan fingerprint density at radius 2 is 2.44 bits per heavy atom. The van der Waals surface area contributed by atoms with Crippen molar-refractivity contribution in [3.05, 3.63) is 21.3 Å². The highest BCUT2D eigenvalue weighted by atomic mass is 35.5. The highest BCUT2D eigenvalue weighted by Gasteiger charge is 2.24. The Kier molecular flexibility index (Phi) is 4.61. The van der Waals surface area contributed by atoms with E-state index in [1.54, 1.807) is 11.3 Å². The van der Waals surface area contributed by atoms with E-state index in [2.05, 4.69) is 11.4 Å². The van der Waals surface area contributed by atoms with Gasteiger partial charge in [0.2, 0.25) is 0 Å². The lowest BCUT2D eigenvalue weighted by molar-refractivity contribution is -0.100. The molecule has 0 saturated carbocycles. The molecule has 5 heteroatoms. The number of nitrogens with one attached hydrogen (secondary N) is 1. The largest absolute Gasteiger partial charge is 0.376 e. The van der Waals surface area contributed by atoms with Gasteiger partial charge in [-0.2, -0.15) is 0 Å². The number of halogens is 1. The number of hydrogen-bond donors (Lipinski definition) is 1. The zero-order valence-corrected chi connectivity index (χ0v) is 10.8. The van der Waals surface area contributed by atoms with Gasteiger partial charge in [0, 0.05) is 10.9 Å². The van der Waals surface area contributed by atoms with Crippen LogP contribution in [-0.4, -0.2) is 39.0 Å². The average Bonchev–Trinajstić information content (AvgIpc) is 2.73. The van der Waals surface area contributed by atoms with Crippen LogP contribution in [0.15, 0.2) is 12.1 Å². The molecule has 90 valence electrons. The summed E-state index contributed by atoms with van der Waals surface area (Å²) in [7, 11) is 1.96. The second kappa shape index (κ2) is 5.98. The van der Waals surface area contributed by atoms with Crippen LogP contribution in [0.1, 0.15) is 4.88 Å². The molecule has 1 N–H and O–H groups in total. The van der Waals surface area contributed by atoms with Gasteiger partial charge in [0.15, 0.2) is 0 Å². The lowest BCUT2D eigenvalue weighted by Gasteiger charge is -2.30. The minimum Gasteiger partial charge on any atom is -0.376 e. The molecule has 2 heterocycles. The molecule has 1 aliphatic rings. The molecule has 0 spiro atoms. The zero-order chi connectivity index (χ0) is 11.4. The highest BCUT2D eigenvalue weighted by Crippen LogP contribution is 2.23. The van der Waals surface area contributed by atoms with Crippen LogP contribution in [0.4, 0.5) is 0 Å². The maximum atomic E-state index is 5.91. The maximum absolute atomic E-state index is 5.91. The summed E-state index contributed by atoms with van der Waals surface area (Å²) < 4.78 is 12.0. The summed E-state index contributed by atoms with van der Waals surface area (Å²) in [4.78, 5) is 1.28. The topological polar surface area (TPSA) is 30.5 Å². The fourth-order valence-electron chi connectivity index (χ4n) is 1.84. The van der Waals surface area contributed by atoms with Crippen LogP contribution in [0.2, 0.25) is 4.34 Å². The van der Waals surface area contributed by atoms with Crippen LogP contribution in [0, 0.1) is 0 Å². The van der Waals surface area contributed by atoms with Crippen molar-refractivity contribution in [3.8, 4) is 0 Å². The predicted octanol–water partition coefficient (Wildman–Crippen LogP) is 1.95. The van der Waals surface area contributed by atoms with Crippen molar-refractivity contribution in [3.63, 3.8) is 0 Å². The first-order chi connectivity index (χ1) is 7.79. The standard InChI is InChI=1S/C11H16ClNO2S/c1-13-9(10-7-14-4-5-15-10)6-8-2-3-11(12)16-8/h2-3,9-10,13H,4-7H2,1H3. The van der Waals surface area contributed by atoms with Gasteiger partial charge in [0.25, 0.3) is 0 Å². The van der Waals surface area contributed by atoms with Gasteiger partial charge in [-0.15, -0.1) is 11.3 Å². The minimum absolute atomic E-state index is 0.139. The molecule has 1 aliphatic heterocycles. The predicted molar refractivity (Wildman–Crippen MR) is 66.4 cm³/mol. The van der Waals surface area contributed by atoms with E-state index in [-0.39, 0.29) is 12.1 Å². The molecule has 3 nitrogen and oxygen atoms in total. The summed E-state index contributed by atoms with van der Waals surface area (Å²) in [5.74, 6) is 0. The number of ether oxygens (including phenoxy) is 2. The monoisotopic (exact) mass is 261 g/mol. The van der Waals surface area contributed by atoms with Crippen molar-refractivity contribution in [1.82, 2.24) is 5.32 Å². The fraction of sp³-hybridized carbons (Fsp3) is 0.636. The van der Waals surface area contributed by atoms with Gasteiger partial charge in [-0.05, 0) is 25.6 Å². The van der Waals surface area contributed by atoms with E-state index >= 15 is 0 Å². The Hall–Kier alpha value is -0.130. The summed E-state index contributed by atoms with van der Waals surface area (Å²) in [6.45, 7) is 2.07. The van der Waals surface area contributed by atoms with Crippen LogP contribution in [0.25, 0.3) is 0 Å². The summed E-state index contributed by atoms with van der Waals surface area (Å²) in [6, 6.07) is 4.29. The minimum atomic E-state index is 0.139. The van der Waals surface area contributed by atoms with E-state index < -0.39 is 0 Å². The average molecular weight is 262 g/mol. The third-order valence-corrected chi connectivity index (χ3v) is 3.96. The van der Waals surface area contributed by atoms with Crippen LogP contribution >= 0.6 is 22.9 Å². The quantitative estimate of drug-likeness (QED) is 0.899. The molecule has 0 amide bonds. The molecule has 2 rings (SSSR count). The van der Waals surface area contributed by atoms with Crippen LogP contribution < -0.4 is 5.32 Å². The molecule has 0 aliphatic carbocycles. The van der Waals surface area contributed by atoms with Crippen molar-refractivity contribution in [2.45, 2.75) is 18.6 Å². The first kappa shape index (κ1) is 12.3. The van der Waals surface area contributed by atoms with E-state index in [0.717, 1.165) is 10.8 Å². The fourth-order valence-corrected chi connectivity index (χ4v) is 2.98. The SMILES string of the molecule is CNC(Cc1ccc(Cl)s1)C1COCCO1. The normalized spacial score (nSPS) is 23.2. The Morgan fingerprint density at radius 1 is 1.56 bits per heavy atom. The lowest BCUT2D eigenvalue weighted by atomic mass is 10.1. The molecular weight excluding hydrogens is 246 g/mol. The summed E-state index contributed by atoms with van der Waals surface area (Å²) in [5.41, 5.74) is 0. The number of rotatable bonds is 4. The third kappa shape index (κ3) is 3.18. The molecule has 1 aromatic rings. The molecule has 16 heavy (non-hydrogen) atoms. The van der Waals surface area contributed by atoms with Crippen molar-refractivity contribution >= 4 is 22.9 Å². The van der Waals surface area contributed by atoms with E-state index in [1.807, 2.05) is 13.1 Å². The zero-order valence-electron chi connectivity index (χ0n) is 9.24. The van der Waals surface area contributed by atoms with Gasteiger partial charge in [0.1, 0.15) is 0 Å². The lowest BCUT2D eigenvalue weighted by Crippen LogP contribution is -2.46. The van der Waals surface area contributed by atoms with E-state index in [0.29, 0.717) is 19.8 Å². The van der Waals surface area contributed by atoms with Crippen molar-refractivity contribution in [2.24, 2.45) is 0 Å². The van der Waals surface area contributed by atoms with E-state index in [1.165, 1.54) is 4.88 Å². The summed E-state index contributed by atoms with van der Waals surface area (Å²) >= 11 is 7.54. The molecule has 0 aromatic carbocycles. The Balaban J connectivity index is 1.94. The highest BCUT2D eigenvalue weighted by molar-refractivity contribution is 7.16. The Labute approximate surface area is 105 Å². The number of hydrogen-bond acceptors (Lipinski definition) is 4. The van der Waals surface area contributed by atoms with Crippen LogP contribution in [-0.2, 0) is 15.9 Å². The molecule has 1 saturated heterocycles. The second-order valence-electron chi connectivity index (χ2n) is 3.79. The maximum Gasteiger partial charge on any atom is 0.0965 e. The van der Waals surface area contributed by atoms with Gasteiger partial charge in [0.05, 0.1) is 30.3 Å². The van der Waals surface area contributed by atoms with Gasteiger partial charge in [-0.25, -0.2) is 0 Å². The van der Waals surface area contributed by atoms with Crippen LogP contribution in [0.5, 0.6) is 0 Å². The smallest absolute Gasteiger partial charge is 0.0965 e. The molecule has 2 unspecified atom stereocenters. The van der Waals surface area contributed by atoms with Crippen molar-refractivity contribution < 1.29 is 9.47 Å². The van der Waals surface area contributed by atoms with Crippen molar-refractivity contribution in [2.75, 3.05) is 26.9 Å². The van der Waals surface area contributed by atoms with Crippen molar-refractivity contribution in [1.29, 1.82) is 0 Å². The first-order valence-electron chi connectivity index (χ1n) is 5.40. The van der Waals surface area contributed by atoms with Gasteiger partial charge >= 0.3 is 0 Å². The molecular formula is C11H16ClNO2S. The van der Waals surface area contributed by atoms with Crippen LogP contribution in [0.3, 0.4) is 0 Å². The van der Waals surface area contributed by atoms with Gasteiger partial charge < -0.3 is 14.8 Å². The summed E-state index contributed by atoms with van der Waals surface area (Å²) in [5, 5.41) is 3.29. The molecule has 0 bridgehead atoms. The Bertz CT molecular complexity index is 326. The van der Waals surface area contributed by atoms with E-state index in [9.17, 15) is 0 Å². The number of thiophene rings is 1. The Morgan fingerprint density at radius 3 is 3.00 bits per heavy atom. The van der Waals surface area contributed by atoms with E-state index in [4.69, 9.17) is 21.1 Å². The second-order valence-corrected chi connectivity index (χ2v) is 5.59. The molecule has 2 atom stereocenters. The van der Waals surface area contributed by atoms with Gasteiger partial charge in [-0.3, -0.25) is 0 Å². The summed E-state index contributed by atoms with van der Waals surface area (Å²) in [6.07, 6.45) is 1.07. The van der Waals surface area contributed by atoms with Gasteiger partial charge in [-0.1, -0.05) is 11.6 Å². The first-order valence-corrected chi connectivity index (χ1v) is 6.60. The molecule has 0 radical (unpaired) electrons. The molecule has 1 fully saturated rings.